The van der Waals surface area contributed by atoms with E-state index in [0.29, 0.717) is 37.6 Å². The minimum Gasteiger partial charge on any atom is -0.357 e. The van der Waals surface area contributed by atoms with Crippen molar-refractivity contribution in [2.24, 2.45) is 4.99 Å². The Morgan fingerprint density at radius 3 is 2.62 bits per heavy atom. The molecule has 1 aromatic carbocycles. The highest BCUT2D eigenvalue weighted by atomic mass is 32.2. The number of hydrogen-bond acceptors (Lipinski definition) is 4. The number of rotatable bonds is 10. The van der Waals surface area contributed by atoms with E-state index in [9.17, 15) is 13.2 Å². The Hall–Kier alpha value is -2.13. The molecule has 0 radical (unpaired) electrons. The van der Waals surface area contributed by atoms with Crippen LogP contribution in [0.2, 0.25) is 0 Å². The van der Waals surface area contributed by atoms with Gasteiger partial charge in [0.25, 0.3) is 5.91 Å². The number of carbonyl (C=O) groups is 1. The van der Waals surface area contributed by atoms with Crippen LogP contribution < -0.4 is 20.7 Å². The van der Waals surface area contributed by atoms with Crippen LogP contribution in [-0.2, 0) is 16.4 Å². The van der Waals surface area contributed by atoms with Crippen LogP contribution in [0, 0.1) is 0 Å². The van der Waals surface area contributed by atoms with Crippen molar-refractivity contribution in [1.29, 1.82) is 0 Å². The summed E-state index contributed by atoms with van der Waals surface area (Å²) in [4.78, 5) is 16.1. The smallest absolute Gasteiger partial charge is 0.251 e. The molecular weight excluding hydrogens is 354 g/mol. The third kappa shape index (κ3) is 9.38. The van der Waals surface area contributed by atoms with Gasteiger partial charge in [0, 0.05) is 38.8 Å². The van der Waals surface area contributed by atoms with Gasteiger partial charge in [-0.05, 0) is 37.5 Å². The maximum atomic E-state index is 11.7. The molecule has 8 nitrogen and oxygen atoms in total. The van der Waals surface area contributed by atoms with Crippen LogP contribution in [0.25, 0.3) is 0 Å². The molecule has 146 valence electrons. The van der Waals surface area contributed by atoms with Gasteiger partial charge >= 0.3 is 0 Å². The molecule has 0 fully saturated rings. The van der Waals surface area contributed by atoms with Gasteiger partial charge in [-0.1, -0.05) is 12.1 Å². The van der Waals surface area contributed by atoms with E-state index in [4.69, 9.17) is 0 Å². The highest BCUT2D eigenvalue weighted by molar-refractivity contribution is 7.88. The van der Waals surface area contributed by atoms with Crippen molar-refractivity contribution in [1.82, 2.24) is 20.7 Å². The minimum absolute atomic E-state index is 0.0996. The second-order valence-electron chi connectivity index (χ2n) is 5.74. The van der Waals surface area contributed by atoms with Gasteiger partial charge in [0.2, 0.25) is 10.0 Å². The predicted molar refractivity (Wildman–Crippen MR) is 105 cm³/mol. The van der Waals surface area contributed by atoms with Crippen LogP contribution in [0.1, 0.15) is 29.3 Å². The molecule has 26 heavy (non-hydrogen) atoms. The van der Waals surface area contributed by atoms with Gasteiger partial charge in [0.05, 0.1) is 6.26 Å². The quantitative estimate of drug-likeness (QED) is 0.260. The number of nitrogens with one attached hydrogen (secondary N) is 4. The number of hydrogen-bond donors (Lipinski definition) is 4. The molecule has 0 saturated carbocycles. The monoisotopic (exact) mass is 383 g/mol. The summed E-state index contributed by atoms with van der Waals surface area (Å²) in [5.41, 5.74) is 1.70. The lowest BCUT2D eigenvalue weighted by Crippen LogP contribution is -2.38. The SMILES string of the molecule is CCNC(=NCCCNS(C)(=O)=O)NCCc1cccc(C(=O)NC)c1. The van der Waals surface area contributed by atoms with Crippen molar-refractivity contribution < 1.29 is 13.2 Å². The summed E-state index contributed by atoms with van der Waals surface area (Å²) in [6.07, 6.45) is 2.52. The van der Waals surface area contributed by atoms with Crippen molar-refractivity contribution in [2.75, 3.05) is 39.5 Å². The summed E-state index contributed by atoms with van der Waals surface area (Å²) in [7, 11) is -1.54. The molecule has 0 saturated heterocycles. The van der Waals surface area contributed by atoms with Crippen molar-refractivity contribution >= 4 is 21.9 Å². The zero-order chi connectivity index (χ0) is 19.4. The number of nitrogens with zero attached hydrogens (tertiary/aromatic N) is 1. The zero-order valence-corrected chi connectivity index (χ0v) is 16.4. The first-order valence-corrected chi connectivity index (χ1v) is 10.5. The first kappa shape index (κ1) is 21.9. The average Bonchev–Trinajstić information content (AvgIpc) is 2.60. The largest absolute Gasteiger partial charge is 0.357 e. The molecule has 0 heterocycles. The summed E-state index contributed by atoms with van der Waals surface area (Å²) < 4.78 is 24.4. The molecule has 1 amide bonds. The lowest BCUT2D eigenvalue weighted by atomic mass is 10.1. The highest BCUT2D eigenvalue weighted by Gasteiger charge is 2.04. The van der Waals surface area contributed by atoms with E-state index in [-0.39, 0.29) is 5.91 Å². The second-order valence-corrected chi connectivity index (χ2v) is 7.57. The lowest BCUT2D eigenvalue weighted by Gasteiger charge is -2.11. The molecule has 1 rings (SSSR count). The second kappa shape index (κ2) is 11.5. The van der Waals surface area contributed by atoms with Gasteiger partial charge in [0.15, 0.2) is 5.96 Å². The summed E-state index contributed by atoms with van der Waals surface area (Å²) in [5.74, 6) is 0.590. The van der Waals surface area contributed by atoms with E-state index in [1.54, 1.807) is 13.1 Å². The normalized spacial score (nSPS) is 11.9. The van der Waals surface area contributed by atoms with E-state index < -0.39 is 10.0 Å². The molecule has 0 bridgehead atoms. The lowest BCUT2D eigenvalue weighted by molar-refractivity contribution is 0.0963. The summed E-state index contributed by atoms with van der Waals surface area (Å²) in [6.45, 7) is 4.28. The third-order valence-corrected chi connectivity index (χ3v) is 4.16. The van der Waals surface area contributed by atoms with E-state index in [1.807, 2.05) is 25.1 Å². The van der Waals surface area contributed by atoms with Crippen LogP contribution in [0.3, 0.4) is 0 Å². The van der Waals surface area contributed by atoms with Crippen molar-refractivity contribution in [2.45, 2.75) is 19.8 Å². The number of sulfonamides is 1. The van der Waals surface area contributed by atoms with Crippen LogP contribution in [0.4, 0.5) is 0 Å². The molecule has 1 aromatic rings. The average molecular weight is 384 g/mol. The van der Waals surface area contributed by atoms with E-state index in [0.717, 1.165) is 24.8 Å². The molecule has 9 heteroatoms. The predicted octanol–water partition coefficient (Wildman–Crippen LogP) is 0.0831. The number of guanidine groups is 1. The standard InChI is InChI=1S/C17H29N5O3S/c1-4-19-17(20-10-6-11-22-26(3,24)25)21-12-9-14-7-5-8-15(13-14)16(23)18-2/h5,7-8,13,22H,4,6,9-12H2,1-3H3,(H,18,23)(H2,19,20,21). The van der Waals surface area contributed by atoms with Gasteiger partial charge in [-0.2, -0.15) is 0 Å². The topological polar surface area (TPSA) is 112 Å². The maximum absolute atomic E-state index is 11.7. The minimum atomic E-state index is -3.15. The fourth-order valence-electron chi connectivity index (χ4n) is 2.21. The van der Waals surface area contributed by atoms with Crippen LogP contribution in [-0.4, -0.2) is 59.8 Å². The van der Waals surface area contributed by atoms with E-state index in [1.165, 1.54) is 0 Å². The van der Waals surface area contributed by atoms with Crippen LogP contribution >= 0.6 is 0 Å². The van der Waals surface area contributed by atoms with Crippen molar-refractivity contribution in [3.8, 4) is 0 Å². The Labute approximate surface area is 155 Å². The first-order chi connectivity index (χ1) is 12.4. The van der Waals surface area contributed by atoms with Gasteiger partial charge in [0.1, 0.15) is 0 Å². The summed E-state index contributed by atoms with van der Waals surface area (Å²) >= 11 is 0. The van der Waals surface area contributed by atoms with Crippen LogP contribution in [0.15, 0.2) is 29.3 Å². The Balaban J connectivity index is 2.45. The van der Waals surface area contributed by atoms with Crippen molar-refractivity contribution in [3.63, 3.8) is 0 Å². The molecule has 0 aromatic heterocycles. The first-order valence-electron chi connectivity index (χ1n) is 8.63. The van der Waals surface area contributed by atoms with Gasteiger partial charge < -0.3 is 16.0 Å². The maximum Gasteiger partial charge on any atom is 0.251 e. The molecule has 0 unspecified atom stereocenters. The van der Waals surface area contributed by atoms with Gasteiger partial charge in [-0.25, -0.2) is 13.1 Å². The Morgan fingerprint density at radius 1 is 1.19 bits per heavy atom. The Kier molecular flexibility index (Phi) is 9.67. The number of benzene rings is 1. The van der Waals surface area contributed by atoms with Crippen LogP contribution in [0.5, 0.6) is 0 Å². The van der Waals surface area contributed by atoms with Crippen molar-refractivity contribution in [3.05, 3.63) is 35.4 Å². The molecule has 4 N–H and O–H groups in total. The van der Waals surface area contributed by atoms with Gasteiger partial charge in [-0.3, -0.25) is 9.79 Å². The Morgan fingerprint density at radius 2 is 1.96 bits per heavy atom. The number of carbonyl (C=O) groups excluding carboxylic acids is 1. The van der Waals surface area contributed by atoms with E-state index >= 15 is 0 Å². The Bertz CT molecular complexity index is 704. The third-order valence-electron chi connectivity index (χ3n) is 3.44. The zero-order valence-electron chi connectivity index (χ0n) is 15.6. The molecule has 0 aliphatic carbocycles. The summed E-state index contributed by atoms with van der Waals surface area (Å²) in [5, 5.41) is 9.01. The highest BCUT2D eigenvalue weighted by Crippen LogP contribution is 2.05. The molecular formula is C17H29N5O3S. The molecule has 0 spiro atoms. The molecule has 0 atom stereocenters. The van der Waals surface area contributed by atoms with E-state index in [2.05, 4.69) is 25.7 Å². The fourth-order valence-corrected chi connectivity index (χ4v) is 2.72. The number of aliphatic imine (C=N–C) groups is 1. The molecule has 0 aliphatic rings. The number of amides is 1. The molecule has 0 aliphatic heterocycles. The fraction of sp³-hybridized carbons (Fsp3) is 0.529. The summed E-state index contributed by atoms with van der Waals surface area (Å²) in [6, 6.07) is 7.51. The van der Waals surface area contributed by atoms with Gasteiger partial charge in [-0.15, -0.1) is 0 Å².